The standard InChI is InChI=1S/C15H20FNO2/c1-11(2)19-15(18)10-17(13-7-8-13)9-12-5-3-4-6-14(12)16/h3-6,11,13H,7-10H2,1-2H3. The van der Waals surface area contributed by atoms with Crippen molar-refractivity contribution < 1.29 is 13.9 Å². The molecule has 1 saturated carbocycles. The molecule has 2 rings (SSSR count). The average molecular weight is 265 g/mol. The van der Waals surface area contributed by atoms with Crippen molar-refractivity contribution in [1.82, 2.24) is 4.90 Å². The predicted octanol–water partition coefficient (Wildman–Crippen LogP) is 2.74. The Labute approximate surface area is 113 Å². The van der Waals surface area contributed by atoms with E-state index >= 15 is 0 Å². The van der Waals surface area contributed by atoms with Gasteiger partial charge in [-0.25, -0.2) is 4.39 Å². The van der Waals surface area contributed by atoms with Crippen molar-refractivity contribution >= 4 is 5.97 Å². The smallest absolute Gasteiger partial charge is 0.320 e. The Morgan fingerprint density at radius 1 is 1.42 bits per heavy atom. The Morgan fingerprint density at radius 3 is 2.68 bits per heavy atom. The zero-order valence-electron chi connectivity index (χ0n) is 11.4. The van der Waals surface area contributed by atoms with Gasteiger partial charge in [0, 0.05) is 18.2 Å². The van der Waals surface area contributed by atoms with Crippen LogP contribution in [0.25, 0.3) is 0 Å². The number of hydrogen-bond acceptors (Lipinski definition) is 3. The third-order valence-electron chi connectivity index (χ3n) is 3.09. The molecule has 1 aliphatic rings. The lowest BCUT2D eigenvalue weighted by Crippen LogP contribution is -2.33. The molecule has 19 heavy (non-hydrogen) atoms. The highest BCUT2D eigenvalue weighted by molar-refractivity contribution is 5.71. The predicted molar refractivity (Wildman–Crippen MR) is 71.1 cm³/mol. The fourth-order valence-corrected chi connectivity index (χ4v) is 2.07. The molecular weight excluding hydrogens is 245 g/mol. The molecule has 1 aromatic carbocycles. The van der Waals surface area contributed by atoms with E-state index in [0.717, 1.165) is 12.8 Å². The lowest BCUT2D eigenvalue weighted by molar-refractivity contribution is -0.149. The Morgan fingerprint density at radius 2 is 2.11 bits per heavy atom. The van der Waals surface area contributed by atoms with Gasteiger partial charge < -0.3 is 4.74 Å². The van der Waals surface area contributed by atoms with Crippen LogP contribution < -0.4 is 0 Å². The quantitative estimate of drug-likeness (QED) is 0.741. The molecule has 0 saturated heterocycles. The maximum Gasteiger partial charge on any atom is 0.320 e. The SMILES string of the molecule is CC(C)OC(=O)CN(Cc1ccccc1F)C1CC1. The minimum atomic E-state index is -0.238. The first-order valence-corrected chi connectivity index (χ1v) is 6.73. The minimum absolute atomic E-state index is 0.109. The summed E-state index contributed by atoms with van der Waals surface area (Å²) >= 11 is 0. The van der Waals surface area contributed by atoms with E-state index in [2.05, 4.69) is 0 Å². The summed E-state index contributed by atoms with van der Waals surface area (Å²) < 4.78 is 18.8. The number of benzene rings is 1. The maximum atomic E-state index is 13.6. The van der Waals surface area contributed by atoms with Crippen LogP contribution in [0.1, 0.15) is 32.3 Å². The van der Waals surface area contributed by atoms with Crippen LogP contribution in [0.15, 0.2) is 24.3 Å². The monoisotopic (exact) mass is 265 g/mol. The molecule has 104 valence electrons. The summed E-state index contributed by atoms with van der Waals surface area (Å²) in [7, 11) is 0. The van der Waals surface area contributed by atoms with Gasteiger partial charge in [0.2, 0.25) is 0 Å². The third-order valence-corrected chi connectivity index (χ3v) is 3.09. The van der Waals surface area contributed by atoms with Crippen LogP contribution in [0, 0.1) is 5.82 Å². The first kappa shape index (κ1) is 14.0. The third kappa shape index (κ3) is 4.31. The number of hydrogen-bond donors (Lipinski definition) is 0. The molecule has 4 heteroatoms. The Kier molecular flexibility index (Phi) is 4.53. The largest absolute Gasteiger partial charge is 0.462 e. The fraction of sp³-hybridized carbons (Fsp3) is 0.533. The van der Waals surface area contributed by atoms with Gasteiger partial charge in [0.15, 0.2) is 0 Å². The topological polar surface area (TPSA) is 29.5 Å². The molecule has 0 unspecified atom stereocenters. The summed E-state index contributed by atoms with van der Waals surface area (Å²) in [6.07, 6.45) is 2.04. The molecular formula is C15H20FNO2. The summed E-state index contributed by atoms with van der Waals surface area (Å²) in [5.74, 6) is -0.455. The molecule has 1 aromatic rings. The summed E-state index contributed by atoms with van der Waals surface area (Å²) in [6, 6.07) is 7.09. The van der Waals surface area contributed by atoms with Gasteiger partial charge in [-0.15, -0.1) is 0 Å². The first-order valence-electron chi connectivity index (χ1n) is 6.73. The average Bonchev–Trinajstić information content (AvgIpc) is 3.14. The number of carbonyl (C=O) groups is 1. The second-order valence-electron chi connectivity index (χ2n) is 5.27. The number of halogens is 1. The Bertz CT molecular complexity index is 444. The number of ether oxygens (including phenoxy) is 1. The molecule has 0 radical (unpaired) electrons. The Balaban J connectivity index is 1.97. The molecule has 1 fully saturated rings. The number of esters is 1. The summed E-state index contributed by atoms with van der Waals surface area (Å²) in [6.45, 7) is 4.36. The van der Waals surface area contributed by atoms with Crippen molar-refractivity contribution in [1.29, 1.82) is 0 Å². The van der Waals surface area contributed by atoms with Gasteiger partial charge in [-0.05, 0) is 32.8 Å². The zero-order chi connectivity index (χ0) is 13.8. The molecule has 0 spiro atoms. The minimum Gasteiger partial charge on any atom is -0.462 e. The second kappa shape index (κ2) is 6.15. The molecule has 0 atom stereocenters. The van der Waals surface area contributed by atoms with Gasteiger partial charge in [0.1, 0.15) is 5.82 Å². The van der Waals surface area contributed by atoms with Crippen molar-refractivity contribution in [2.75, 3.05) is 6.54 Å². The van der Waals surface area contributed by atoms with Crippen LogP contribution >= 0.6 is 0 Å². The lowest BCUT2D eigenvalue weighted by atomic mass is 10.2. The fourth-order valence-electron chi connectivity index (χ4n) is 2.07. The summed E-state index contributed by atoms with van der Waals surface area (Å²) in [5.41, 5.74) is 0.631. The maximum absolute atomic E-state index is 13.6. The van der Waals surface area contributed by atoms with Crippen molar-refractivity contribution in [3.8, 4) is 0 Å². The van der Waals surface area contributed by atoms with Gasteiger partial charge in [-0.1, -0.05) is 18.2 Å². The summed E-state index contributed by atoms with van der Waals surface area (Å²) in [5, 5.41) is 0. The second-order valence-corrected chi connectivity index (χ2v) is 5.27. The van der Waals surface area contributed by atoms with Crippen molar-refractivity contribution in [3.63, 3.8) is 0 Å². The van der Waals surface area contributed by atoms with E-state index < -0.39 is 0 Å². The molecule has 0 heterocycles. The highest BCUT2D eigenvalue weighted by atomic mass is 19.1. The molecule has 0 amide bonds. The highest BCUT2D eigenvalue weighted by Gasteiger charge is 2.31. The van der Waals surface area contributed by atoms with E-state index in [1.165, 1.54) is 6.07 Å². The molecule has 0 bridgehead atoms. The molecule has 0 N–H and O–H groups in total. The van der Waals surface area contributed by atoms with Crippen LogP contribution in [-0.2, 0) is 16.1 Å². The van der Waals surface area contributed by atoms with E-state index in [4.69, 9.17) is 4.74 Å². The van der Waals surface area contributed by atoms with Gasteiger partial charge in [-0.2, -0.15) is 0 Å². The van der Waals surface area contributed by atoms with Gasteiger partial charge in [0.05, 0.1) is 12.6 Å². The van der Waals surface area contributed by atoms with E-state index in [1.807, 2.05) is 24.8 Å². The van der Waals surface area contributed by atoms with Crippen LogP contribution in [0.2, 0.25) is 0 Å². The number of carbonyl (C=O) groups excluding carboxylic acids is 1. The Hall–Kier alpha value is -1.42. The van der Waals surface area contributed by atoms with Gasteiger partial charge >= 0.3 is 5.97 Å². The van der Waals surface area contributed by atoms with E-state index in [9.17, 15) is 9.18 Å². The number of rotatable bonds is 6. The van der Waals surface area contributed by atoms with Crippen molar-refractivity contribution in [3.05, 3.63) is 35.6 Å². The summed E-state index contributed by atoms with van der Waals surface area (Å²) in [4.78, 5) is 13.7. The van der Waals surface area contributed by atoms with Gasteiger partial charge in [0.25, 0.3) is 0 Å². The van der Waals surface area contributed by atoms with Crippen LogP contribution in [-0.4, -0.2) is 29.6 Å². The first-order chi connectivity index (χ1) is 9.06. The molecule has 0 aliphatic heterocycles. The van der Waals surface area contributed by atoms with E-state index in [1.54, 1.807) is 12.1 Å². The number of nitrogens with zero attached hydrogens (tertiary/aromatic N) is 1. The molecule has 3 nitrogen and oxygen atoms in total. The molecule has 1 aliphatic carbocycles. The zero-order valence-corrected chi connectivity index (χ0v) is 11.4. The van der Waals surface area contributed by atoms with Crippen LogP contribution in [0.5, 0.6) is 0 Å². The normalized spacial score (nSPS) is 15.0. The molecule has 0 aromatic heterocycles. The highest BCUT2D eigenvalue weighted by Crippen LogP contribution is 2.28. The van der Waals surface area contributed by atoms with Crippen molar-refractivity contribution in [2.24, 2.45) is 0 Å². The van der Waals surface area contributed by atoms with Crippen molar-refractivity contribution in [2.45, 2.75) is 45.4 Å². The van der Waals surface area contributed by atoms with E-state index in [-0.39, 0.29) is 24.4 Å². The lowest BCUT2D eigenvalue weighted by Gasteiger charge is -2.22. The van der Waals surface area contributed by atoms with E-state index in [0.29, 0.717) is 18.2 Å². The van der Waals surface area contributed by atoms with Gasteiger partial charge in [-0.3, -0.25) is 9.69 Å². The van der Waals surface area contributed by atoms with Crippen LogP contribution in [0.3, 0.4) is 0 Å². The van der Waals surface area contributed by atoms with Crippen LogP contribution in [0.4, 0.5) is 4.39 Å².